The summed E-state index contributed by atoms with van der Waals surface area (Å²) in [5.41, 5.74) is 2.28. The van der Waals surface area contributed by atoms with Crippen molar-refractivity contribution >= 4 is 35.2 Å². The van der Waals surface area contributed by atoms with Gasteiger partial charge >= 0.3 is 0 Å². The summed E-state index contributed by atoms with van der Waals surface area (Å²) < 4.78 is 5.82. The summed E-state index contributed by atoms with van der Waals surface area (Å²) >= 11 is 6.04. The maximum atomic E-state index is 13.1. The molecule has 2 amide bonds. The van der Waals surface area contributed by atoms with Crippen molar-refractivity contribution in [1.29, 1.82) is 0 Å². The van der Waals surface area contributed by atoms with Gasteiger partial charge in [-0.05, 0) is 41.5 Å². The Morgan fingerprint density at radius 3 is 2.57 bits per heavy atom. The zero-order chi connectivity index (χ0) is 20.9. The van der Waals surface area contributed by atoms with Crippen LogP contribution in [0.25, 0.3) is 6.08 Å². The molecule has 1 aliphatic rings. The van der Waals surface area contributed by atoms with E-state index in [1.54, 1.807) is 42.5 Å². The molecule has 0 atom stereocenters. The summed E-state index contributed by atoms with van der Waals surface area (Å²) in [6.07, 6.45) is 1.62. The first-order valence-electron chi connectivity index (χ1n) is 9.47. The summed E-state index contributed by atoms with van der Waals surface area (Å²) in [7, 11) is 0. The summed E-state index contributed by atoms with van der Waals surface area (Å²) in [5.74, 6) is 0.00242. The number of ether oxygens (including phenoxy) is 1. The predicted octanol–water partition coefficient (Wildman–Crippen LogP) is 4.42. The highest BCUT2D eigenvalue weighted by Crippen LogP contribution is 2.35. The second-order valence-corrected chi connectivity index (χ2v) is 7.22. The molecule has 0 radical (unpaired) electrons. The van der Waals surface area contributed by atoms with Gasteiger partial charge < -0.3 is 10.1 Å². The van der Waals surface area contributed by atoms with Crippen LogP contribution in [-0.2, 0) is 16.1 Å². The van der Waals surface area contributed by atoms with Crippen LogP contribution < -0.4 is 15.0 Å². The number of fused-ring (bicyclic) bond motifs is 1. The molecule has 1 aliphatic heterocycles. The molecule has 5 nitrogen and oxygen atoms in total. The van der Waals surface area contributed by atoms with E-state index < -0.39 is 0 Å². The molecule has 4 rings (SSSR count). The molecule has 0 bridgehead atoms. The number of anilines is 1. The molecule has 0 fully saturated rings. The number of halogens is 1. The van der Waals surface area contributed by atoms with Crippen molar-refractivity contribution in [3.05, 3.63) is 101 Å². The van der Waals surface area contributed by atoms with Gasteiger partial charge in [-0.25, -0.2) is 0 Å². The molecule has 0 saturated heterocycles. The maximum Gasteiger partial charge on any atom is 0.294 e. The second kappa shape index (κ2) is 8.84. The fourth-order valence-corrected chi connectivity index (χ4v) is 3.36. The monoisotopic (exact) mass is 418 g/mol. The molecule has 3 aromatic rings. The Labute approximate surface area is 179 Å². The summed E-state index contributed by atoms with van der Waals surface area (Å²) in [5, 5.41) is 3.42. The van der Waals surface area contributed by atoms with Crippen LogP contribution in [-0.4, -0.2) is 18.4 Å². The molecule has 6 heteroatoms. The highest BCUT2D eigenvalue weighted by atomic mass is 35.5. The Balaban J connectivity index is 1.56. The lowest BCUT2D eigenvalue weighted by atomic mass is 10.1. The molecular formula is C24H19ClN2O3. The van der Waals surface area contributed by atoms with Crippen molar-refractivity contribution < 1.29 is 14.3 Å². The Morgan fingerprint density at radius 2 is 1.77 bits per heavy atom. The minimum atomic E-state index is -0.386. The standard InChI is InChI=1S/C24H19ClN2O3/c25-19-10-6-9-18(13-19)14-22-24(29)27(20-11-4-5-12-21(20)30-22)16-23(28)26-15-17-7-2-1-3-8-17/h1-14H,15-16H2,(H,26,28)/b22-14+. The first-order valence-corrected chi connectivity index (χ1v) is 9.84. The lowest BCUT2D eigenvalue weighted by Crippen LogP contribution is -2.44. The van der Waals surface area contributed by atoms with Crippen LogP contribution in [0, 0.1) is 0 Å². The molecule has 1 heterocycles. The van der Waals surface area contributed by atoms with E-state index in [-0.39, 0.29) is 24.1 Å². The highest BCUT2D eigenvalue weighted by molar-refractivity contribution is 6.30. The fraction of sp³-hybridized carbons (Fsp3) is 0.0833. The molecule has 0 aliphatic carbocycles. The van der Waals surface area contributed by atoms with Crippen LogP contribution in [0.1, 0.15) is 11.1 Å². The lowest BCUT2D eigenvalue weighted by Gasteiger charge is -2.30. The molecular weight excluding hydrogens is 400 g/mol. The minimum Gasteiger partial charge on any atom is -0.449 e. The zero-order valence-electron chi connectivity index (χ0n) is 16.0. The smallest absolute Gasteiger partial charge is 0.294 e. The number of amides is 2. The topological polar surface area (TPSA) is 58.6 Å². The summed E-state index contributed by atoms with van der Waals surface area (Å²) in [4.78, 5) is 27.1. The molecule has 0 saturated carbocycles. The molecule has 30 heavy (non-hydrogen) atoms. The number of hydrogen-bond donors (Lipinski definition) is 1. The van der Waals surface area contributed by atoms with Crippen LogP contribution in [0.2, 0.25) is 5.02 Å². The number of carbonyl (C=O) groups excluding carboxylic acids is 2. The Morgan fingerprint density at radius 1 is 1.00 bits per heavy atom. The second-order valence-electron chi connectivity index (χ2n) is 6.79. The maximum absolute atomic E-state index is 13.1. The van der Waals surface area contributed by atoms with Gasteiger partial charge in [-0.1, -0.05) is 66.2 Å². The van der Waals surface area contributed by atoms with Crippen LogP contribution in [0.4, 0.5) is 5.69 Å². The summed E-state index contributed by atoms with van der Waals surface area (Å²) in [6, 6.07) is 23.9. The van der Waals surface area contributed by atoms with Crippen LogP contribution in [0.15, 0.2) is 84.6 Å². The van der Waals surface area contributed by atoms with E-state index in [4.69, 9.17) is 16.3 Å². The van der Waals surface area contributed by atoms with Gasteiger partial charge in [0, 0.05) is 11.6 Å². The van der Waals surface area contributed by atoms with Crippen molar-refractivity contribution in [3.63, 3.8) is 0 Å². The number of hydrogen-bond acceptors (Lipinski definition) is 3. The third kappa shape index (κ3) is 4.53. The Bertz CT molecular complexity index is 1110. The van der Waals surface area contributed by atoms with E-state index in [9.17, 15) is 9.59 Å². The van der Waals surface area contributed by atoms with Gasteiger partial charge in [0.05, 0.1) is 5.69 Å². The highest BCUT2D eigenvalue weighted by Gasteiger charge is 2.31. The average molecular weight is 419 g/mol. The molecule has 3 aromatic carbocycles. The SMILES string of the molecule is O=C(CN1C(=O)/C(=C\c2cccc(Cl)c2)Oc2ccccc21)NCc1ccccc1. The van der Waals surface area contributed by atoms with Gasteiger partial charge in [-0.2, -0.15) is 0 Å². The van der Waals surface area contributed by atoms with Gasteiger partial charge in [0.25, 0.3) is 5.91 Å². The predicted molar refractivity (Wildman–Crippen MR) is 117 cm³/mol. The van der Waals surface area contributed by atoms with Crippen LogP contribution in [0.5, 0.6) is 5.75 Å². The molecule has 1 N–H and O–H groups in total. The van der Waals surface area contributed by atoms with Crippen molar-refractivity contribution in [2.45, 2.75) is 6.54 Å². The first-order chi connectivity index (χ1) is 14.6. The van der Waals surface area contributed by atoms with Crippen molar-refractivity contribution in [3.8, 4) is 5.75 Å². The lowest BCUT2D eigenvalue weighted by molar-refractivity contribution is -0.123. The fourth-order valence-electron chi connectivity index (χ4n) is 3.16. The largest absolute Gasteiger partial charge is 0.449 e. The molecule has 0 aromatic heterocycles. The van der Waals surface area contributed by atoms with E-state index in [0.717, 1.165) is 11.1 Å². The molecule has 150 valence electrons. The zero-order valence-corrected chi connectivity index (χ0v) is 16.8. The van der Waals surface area contributed by atoms with Crippen molar-refractivity contribution in [2.24, 2.45) is 0 Å². The van der Waals surface area contributed by atoms with Crippen LogP contribution >= 0.6 is 11.6 Å². The van der Waals surface area contributed by atoms with E-state index in [0.29, 0.717) is 23.0 Å². The van der Waals surface area contributed by atoms with Gasteiger partial charge in [0.2, 0.25) is 5.91 Å². The third-order valence-corrected chi connectivity index (χ3v) is 4.85. The van der Waals surface area contributed by atoms with E-state index >= 15 is 0 Å². The average Bonchev–Trinajstić information content (AvgIpc) is 2.76. The Kier molecular flexibility index (Phi) is 5.82. The molecule has 0 spiro atoms. The Hall–Kier alpha value is -3.57. The van der Waals surface area contributed by atoms with E-state index in [1.165, 1.54) is 4.90 Å². The summed E-state index contributed by atoms with van der Waals surface area (Å²) in [6.45, 7) is 0.282. The van der Waals surface area contributed by atoms with Crippen molar-refractivity contribution in [1.82, 2.24) is 5.32 Å². The van der Waals surface area contributed by atoms with E-state index in [2.05, 4.69) is 5.32 Å². The number of para-hydroxylation sites is 2. The third-order valence-electron chi connectivity index (χ3n) is 4.61. The minimum absolute atomic E-state index is 0.112. The molecule has 0 unspecified atom stereocenters. The quantitative estimate of drug-likeness (QED) is 0.624. The van der Waals surface area contributed by atoms with Gasteiger partial charge in [-0.15, -0.1) is 0 Å². The first kappa shape index (κ1) is 19.7. The van der Waals surface area contributed by atoms with Crippen molar-refractivity contribution in [2.75, 3.05) is 11.4 Å². The van der Waals surface area contributed by atoms with Gasteiger partial charge in [0.15, 0.2) is 11.5 Å². The van der Waals surface area contributed by atoms with Gasteiger partial charge in [-0.3, -0.25) is 14.5 Å². The number of rotatable bonds is 5. The van der Waals surface area contributed by atoms with E-state index in [1.807, 2.05) is 42.5 Å². The number of nitrogens with zero attached hydrogens (tertiary/aromatic N) is 1. The normalized spacial score (nSPS) is 14.2. The number of carbonyl (C=O) groups is 2. The van der Waals surface area contributed by atoms with Gasteiger partial charge in [0.1, 0.15) is 6.54 Å². The van der Waals surface area contributed by atoms with Crippen LogP contribution in [0.3, 0.4) is 0 Å². The number of benzene rings is 3. The number of nitrogens with one attached hydrogen (secondary N) is 1.